The van der Waals surface area contributed by atoms with Gasteiger partial charge in [-0.2, -0.15) is 13.5 Å². The normalized spacial score (nSPS) is 24.5. The molecule has 224 valence electrons. The van der Waals surface area contributed by atoms with Crippen LogP contribution in [-0.2, 0) is 29.1 Å². The van der Waals surface area contributed by atoms with Crippen molar-refractivity contribution in [2.24, 2.45) is 16.9 Å². The molecule has 0 unspecified atom stereocenters. The van der Waals surface area contributed by atoms with Crippen molar-refractivity contribution in [2.45, 2.75) is 89.4 Å². The minimum Gasteiger partial charge on any atom is -0.460 e. The maximum Gasteiger partial charge on any atom is 0.315 e. The van der Waals surface area contributed by atoms with Crippen LogP contribution in [0.4, 0.5) is 0 Å². The van der Waals surface area contributed by atoms with Gasteiger partial charge in [0.1, 0.15) is 17.1 Å². The molecule has 0 aliphatic heterocycles. The van der Waals surface area contributed by atoms with E-state index in [0.29, 0.717) is 10.6 Å². The van der Waals surface area contributed by atoms with Crippen LogP contribution in [0.2, 0.25) is 5.02 Å². The number of hydrogen-bond acceptors (Lipinski definition) is 8. The Bertz CT molecular complexity index is 1400. The van der Waals surface area contributed by atoms with Crippen molar-refractivity contribution in [3.63, 3.8) is 0 Å². The molecule has 3 rings (SSSR count). The van der Waals surface area contributed by atoms with Gasteiger partial charge in [0, 0.05) is 17.4 Å². The van der Waals surface area contributed by atoms with E-state index in [4.69, 9.17) is 21.1 Å². The molecule has 4 atom stereocenters. The van der Waals surface area contributed by atoms with Crippen molar-refractivity contribution in [3.05, 3.63) is 64.7 Å². The lowest BCUT2D eigenvalue weighted by Gasteiger charge is -2.46. The zero-order chi connectivity index (χ0) is 31.0. The van der Waals surface area contributed by atoms with Crippen LogP contribution < -0.4 is 4.83 Å². The number of benzene rings is 2. The van der Waals surface area contributed by atoms with Crippen LogP contribution in [0.15, 0.2) is 58.5 Å². The van der Waals surface area contributed by atoms with Crippen molar-refractivity contribution < 1.29 is 32.6 Å². The summed E-state index contributed by atoms with van der Waals surface area (Å²) in [6, 6.07) is 12.7. The second kappa shape index (κ2) is 11.7. The maximum atomic E-state index is 13.8. The Kier molecular flexibility index (Phi) is 9.32. The van der Waals surface area contributed by atoms with E-state index in [1.807, 2.05) is 6.92 Å². The molecule has 41 heavy (non-hydrogen) atoms. The van der Waals surface area contributed by atoms with E-state index in [-0.39, 0.29) is 17.0 Å². The predicted octanol–water partition coefficient (Wildman–Crippen LogP) is 5.14. The van der Waals surface area contributed by atoms with Gasteiger partial charge in [0.2, 0.25) is 0 Å². The zero-order valence-corrected chi connectivity index (χ0v) is 26.3. The van der Waals surface area contributed by atoms with Gasteiger partial charge < -0.3 is 14.6 Å². The molecule has 0 bridgehead atoms. The first-order chi connectivity index (χ1) is 18.7. The standard InChI is InChI=1S/C30H39ClN2O7S/c1-18-9-15-21(16-10-18)41(37,38)33-32-22-17-30(8,36)25(27(35)40-29(5,6)7)23(19-11-13-20(31)14-12-19)24(22)26(34)39-28(2,3)4/h9-16,23-25,33,36H,17H2,1-8H3/b32-22-/t23-,24-,25+,30-/m1/s1. The third-order valence-electron chi connectivity index (χ3n) is 6.50. The van der Waals surface area contributed by atoms with E-state index in [9.17, 15) is 23.1 Å². The Hall–Kier alpha value is -2.95. The topological polar surface area (TPSA) is 131 Å². The first kappa shape index (κ1) is 32.6. The molecule has 1 fully saturated rings. The first-order valence-electron chi connectivity index (χ1n) is 13.3. The summed E-state index contributed by atoms with van der Waals surface area (Å²) in [5.74, 6) is -4.93. The molecule has 1 saturated carbocycles. The third-order valence-corrected chi connectivity index (χ3v) is 7.98. The van der Waals surface area contributed by atoms with Crippen LogP contribution in [0.25, 0.3) is 0 Å². The lowest BCUT2D eigenvalue weighted by Crippen LogP contribution is -2.56. The number of nitrogens with zero attached hydrogens (tertiary/aromatic N) is 1. The summed E-state index contributed by atoms with van der Waals surface area (Å²) in [5, 5.41) is 16.3. The number of carbonyl (C=O) groups is 2. The van der Waals surface area contributed by atoms with Crippen LogP contribution >= 0.6 is 11.6 Å². The number of esters is 2. The monoisotopic (exact) mass is 606 g/mol. The lowest BCUT2D eigenvalue weighted by molar-refractivity contribution is -0.175. The number of sulfonamides is 1. The molecular formula is C30H39ClN2O7S. The fraction of sp³-hybridized carbons (Fsp3) is 0.500. The molecule has 2 N–H and O–H groups in total. The molecule has 0 heterocycles. The fourth-order valence-electron chi connectivity index (χ4n) is 4.85. The minimum absolute atomic E-state index is 0.0136. The van der Waals surface area contributed by atoms with Gasteiger partial charge >= 0.3 is 11.9 Å². The summed E-state index contributed by atoms with van der Waals surface area (Å²) >= 11 is 6.14. The van der Waals surface area contributed by atoms with E-state index in [0.717, 1.165) is 5.56 Å². The van der Waals surface area contributed by atoms with Crippen LogP contribution in [-0.4, -0.2) is 48.0 Å². The number of rotatable bonds is 6. The second-order valence-corrected chi connectivity index (χ2v) is 14.7. The molecule has 0 aromatic heterocycles. The van der Waals surface area contributed by atoms with Gasteiger partial charge in [-0.3, -0.25) is 9.59 Å². The Morgan fingerprint density at radius 1 is 0.951 bits per heavy atom. The molecule has 1 aliphatic rings. The number of halogens is 1. The Morgan fingerprint density at radius 3 is 1.98 bits per heavy atom. The van der Waals surface area contributed by atoms with Gasteiger partial charge in [-0.25, -0.2) is 4.83 Å². The highest BCUT2D eigenvalue weighted by molar-refractivity contribution is 7.89. The molecule has 0 radical (unpaired) electrons. The number of carbonyl (C=O) groups excluding carboxylic acids is 2. The summed E-state index contributed by atoms with van der Waals surface area (Å²) in [7, 11) is -4.12. The molecule has 2 aromatic carbocycles. The third kappa shape index (κ3) is 8.30. The summed E-state index contributed by atoms with van der Waals surface area (Å²) in [5.41, 5.74) is -2.18. The number of aryl methyl sites for hydroxylation is 1. The Morgan fingerprint density at radius 2 is 1.46 bits per heavy atom. The van der Waals surface area contributed by atoms with Crippen molar-refractivity contribution >= 4 is 39.3 Å². The predicted molar refractivity (Wildman–Crippen MR) is 157 cm³/mol. The van der Waals surface area contributed by atoms with Crippen LogP contribution in [0.5, 0.6) is 0 Å². The SMILES string of the molecule is Cc1ccc(S(=O)(=O)N/N=C2/C[C@@](C)(O)[C@H](C(=O)OC(C)(C)C)[C@H](c3ccc(Cl)cc3)[C@@H]2C(=O)OC(C)(C)C)cc1. The Labute approximate surface area is 247 Å². The van der Waals surface area contributed by atoms with Gasteiger partial charge in [0.25, 0.3) is 10.0 Å². The van der Waals surface area contributed by atoms with Gasteiger partial charge in [0.15, 0.2) is 0 Å². The average molecular weight is 607 g/mol. The molecule has 0 saturated heterocycles. The first-order valence-corrected chi connectivity index (χ1v) is 15.1. The van der Waals surface area contributed by atoms with E-state index < -0.39 is 56.5 Å². The maximum absolute atomic E-state index is 13.8. The van der Waals surface area contributed by atoms with E-state index in [1.165, 1.54) is 19.1 Å². The molecule has 9 nitrogen and oxygen atoms in total. The summed E-state index contributed by atoms with van der Waals surface area (Å²) in [4.78, 5) is 29.7. The van der Waals surface area contributed by atoms with Crippen molar-refractivity contribution in [2.75, 3.05) is 0 Å². The highest BCUT2D eigenvalue weighted by Gasteiger charge is 2.57. The molecule has 2 aromatic rings. The summed E-state index contributed by atoms with van der Waals surface area (Å²) < 4.78 is 37.6. The number of hydrazone groups is 1. The van der Waals surface area contributed by atoms with Gasteiger partial charge in [-0.05, 0) is 85.2 Å². The molecule has 1 aliphatic carbocycles. The number of ether oxygens (including phenoxy) is 2. The highest BCUT2D eigenvalue weighted by atomic mass is 35.5. The average Bonchev–Trinajstić information content (AvgIpc) is 2.80. The summed E-state index contributed by atoms with van der Waals surface area (Å²) in [6.45, 7) is 13.5. The van der Waals surface area contributed by atoms with Gasteiger partial charge in [-0.15, -0.1) is 0 Å². The largest absolute Gasteiger partial charge is 0.460 e. The van der Waals surface area contributed by atoms with E-state index >= 15 is 0 Å². The lowest BCUT2D eigenvalue weighted by atomic mass is 9.61. The van der Waals surface area contributed by atoms with Gasteiger partial charge in [-0.1, -0.05) is 41.4 Å². The fourth-order valence-corrected chi connectivity index (χ4v) is 5.82. The van der Waals surface area contributed by atoms with Crippen LogP contribution in [0.1, 0.15) is 71.9 Å². The van der Waals surface area contributed by atoms with Crippen LogP contribution in [0, 0.1) is 18.8 Å². The number of nitrogens with one attached hydrogen (secondary N) is 1. The molecular weight excluding hydrogens is 568 g/mol. The van der Waals surface area contributed by atoms with E-state index in [1.54, 1.807) is 77.9 Å². The number of aliphatic hydroxyl groups is 1. The number of hydrogen-bond donors (Lipinski definition) is 2. The van der Waals surface area contributed by atoms with Crippen LogP contribution in [0.3, 0.4) is 0 Å². The van der Waals surface area contributed by atoms with E-state index in [2.05, 4.69) is 9.93 Å². The van der Waals surface area contributed by atoms with Crippen molar-refractivity contribution in [1.82, 2.24) is 4.83 Å². The second-order valence-electron chi connectivity index (χ2n) is 12.6. The molecule has 0 amide bonds. The summed E-state index contributed by atoms with van der Waals surface area (Å²) in [6.07, 6.45) is -0.304. The van der Waals surface area contributed by atoms with Gasteiger partial charge in [0.05, 0.1) is 22.1 Å². The van der Waals surface area contributed by atoms with Crippen molar-refractivity contribution in [3.8, 4) is 0 Å². The molecule has 11 heteroatoms. The highest BCUT2D eigenvalue weighted by Crippen LogP contribution is 2.48. The Balaban J connectivity index is 2.21. The molecule has 0 spiro atoms. The smallest absolute Gasteiger partial charge is 0.315 e. The van der Waals surface area contributed by atoms with Crippen molar-refractivity contribution in [1.29, 1.82) is 0 Å². The zero-order valence-electron chi connectivity index (χ0n) is 24.7. The minimum atomic E-state index is -4.12. The quantitative estimate of drug-likeness (QED) is 0.344.